The zero-order valence-electron chi connectivity index (χ0n) is 19.6. The molecule has 0 aliphatic carbocycles. The van der Waals surface area contributed by atoms with Crippen LogP contribution in [0.3, 0.4) is 0 Å². The number of aromatic nitrogens is 2. The molecule has 0 amide bonds. The Labute approximate surface area is 195 Å². The Hall–Kier alpha value is -3.65. The van der Waals surface area contributed by atoms with Crippen molar-refractivity contribution < 1.29 is 0 Å². The van der Waals surface area contributed by atoms with E-state index >= 15 is 0 Å². The molecule has 2 heterocycles. The molecule has 2 nitrogen and oxygen atoms in total. The van der Waals surface area contributed by atoms with Crippen molar-refractivity contribution in [3.63, 3.8) is 0 Å². The van der Waals surface area contributed by atoms with Gasteiger partial charge < -0.3 is 0 Å². The maximum atomic E-state index is 5.16. The van der Waals surface area contributed by atoms with Crippen molar-refractivity contribution in [2.75, 3.05) is 0 Å². The van der Waals surface area contributed by atoms with E-state index in [9.17, 15) is 0 Å². The van der Waals surface area contributed by atoms with E-state index in [0.29, 0.717) is 5.92 Å². The first-order chi connectivity index (χ1) is 16.0. The van der Waals surface area contributed by atoms with Gasteiger partial charge in [-0.15, -0.1) is 0 Å². The highest BCUT2D eigenvalue weighted by molar-refractivity contribution is 5.86. The first-order valence-corrected chi connectivity index (χ1v) is 11.8. The maximum Gasteiger partial charge on any atom is 0.145 e. The quantitative estimate of drug-likeness (QED) is 0.277. The molecule has 1 aliphatic rings. The van der Waals surface area contributed by atoms with Gasteiger partial charge in [-0.3, -0.25) is 4.57 Å². The van der Waals surface area contributed by atoms with Crippen molar-refractivity contribution >= 4 is 11.0 Å². The number of aryl methyl sites for hydroxylation is 1. The van der Waals surface area contributed by atoms with Gasteiger partial charge in [0.2, 0.25) is 0 Å². The lowest BCUT2D eigenvalue weighted by atomic mass is 9.83. The molecule has 4 aromatic carbocycles. The number of rotatable bonds is 2. The summed E-state index contributed by atoms with van der Waals surface area (Å²) in [5, 5.41) is 0. The van der Waals surface area contributed by atoms with E-state index in [1.807, 2.05) is 0 Å². The standard InChI is InChI=1S/C31H28N2/c1-19(2)26-17-25(22-9-6-5-7-10-22)18-27-21(4)23-11-8-12-24(16-23)31-32-28-15-20(3)13-14-29(28)33(31)30(26)27/h5-19,21H,1-4H3. The van der Waals surface area contributed by atoms with Crippen LogP contribution < -0.4 is 0 Å². The molecule has 33 heavy (non-hydrogen) atoms. The van der Waals surface area contributed by atoms with Gasteiger partial charge in [0.1, 0.15) is 5.82 Å². The fourth-order valence-electron chi connectivity index (χ4n) is 5.24. The van der Waals surface area contributed by atoms with Crippen LogP contribution in [0.5, 0.6) is 0 Å². The Balaban J connectivity index is 1.78. The lowest BCUT2D eigenvalue weighted by Crippen LogP contribution is -2.13. The third kappa shape index (κ3) is 3.13. The second-order valence-corrected chi connectivity index (χ2v) is 9.63. The second kappa shape index (κ2) is 7.45. The fourth-order valence-corrected chi connectivity index (χ4v) is 5.24. The molecule has 1 unspecified atom stereocenters. The lowest BCUT2D eigenvalue weighted by Gasteiger charge is -2.28. The van der Waals surface area contributed by atoms with Crippen LogP contribution in [0.2, 0.25) is 0 Å². The third-order valence-electron chi connectivity index (χ3n) is 7.04. The Kier molecular flexibility index (Phi) is 4.51. The number of nitrogens with zero attached hydrogens (tertiary/aromatic N) is 2. The van der Waals surface area contributed by atoms with Gasteiger partial charge in [0.05, 0.1) is 16.7 Å². The third-order valence-corrected chi connectivity index (χ3v) is 7.04. The summed E-state index contributed by atoms with van der Waals surface area (Å²) in [6, 6.07) is 31.1. The number of hydrogen-bond donors (Lipinski definition) is 0. The summed E-state index contributed by atoms with van der Waals surface area (Å²) in [6.07, 6.45) is 0. The van der Waals surface area contributed by atoms with Crippen LogP contribution in [-0.2, 0) is 0 Å². The molecule has 162 valence electrons. The van der Waals surface area contributed by atoms with E-state index in [1.165, 1.54) is 50.1 Å². The topological polar surface area (TPSA) is 17.8 Å². The van der Waals surface area contributed by atoms with Gasteiger partial charge in [0, 0.05) is 11.5 Å². The average molecular weight is 429 g/mol. The van der Waals surface area contributed by atoms with Crippen LogP contribution >= 0.6 is 0 Å². The van der Waals surface area contributed by atoms with Crippen LogP contribution in [-0.4, -0.2) is 9.55 Å². The Morgan fingerprint density at radius 2 is 1.58 bits per heavy atom. The molecule has 1 aliphatic heterocycles. The van der Waals surface area contributed by atoms with Gasteiger partial charge in [-0.25, -0.2) is 4.98 Å². The van der Waals surface area contributed by atoms with Gasteiger partial charge in [0.15, 0.2) is 0 Å². The van der Waals surface area contributed by atoms with Crippen LogP contribution in [0.15, 0.2) is 84.9 Å². The second-order valence-electron chi connectivity index (χ2n) is 9.63. The van der Waals surface area contributed by atoms with Crippen LogP contribution in [0.1, 0.15) is 54.9 Å². The normalized spacial score (nSPS) is 14.6. The van der Waals surface area contributed by atoms with Crippen molar-refractivity contribution in [1.29, 1.82) is 0 Å². The summed E-state index contributed by atoms with van der Waals surface area (Å²) in [7, 11) is 0. The highest BCUT2D eigenvalue weighted by Gasteiger charge is 2.27. The van der Waals surface area contributed by atoms with E-state index in [4.69, 9.17) is 4.98 Å². The predicted molar refractivity (Wildman–Crippen MR) is 138 cm³/mol. The van der Waals surface area contributed by atoms with Gasteiger partial charge in [-0.2, -0.15) is 0 Å². The van der Waals surface area contributed by atoms with Crippen molar-refractivity contribution in [2.45, 2.75) is 39.5 Å². The average Bonchev–Trinajstić information content (AvgIpc) is 3.21. The molecule has 0 N–H and O–H groups in total. The summed E-state index contributed by atoms with van der Waals surface area (Å²) in [4.78, 5) is 5.16. The highest BCUT2D eigenvalue weighted by atomic mass is 15.1. The predicted octanol–water partition coefficient (Wildman–Crippen LogP) is 8.26. The van der Waals surface area contributed by atoms with Gasteiger partial charge in [-0.05, 0) is 76.6 Å². The van der Waals surface area contributed by atoms with E-state index in [1.54, 1.807) is 0 Å². The van der Waals surface area contributed by atoms with Gasteiger partial charge in [-0.1, -0.05) is 75.4 Å². The Morgan fingerprint density at radius 3 is 2.36 bits per heavy atom. The molecular weight excluding hydrogens is 400 g/mol. The molecule has 0 saturated carbocycles. The van der Waals surface area contributed by atoms with Crippen LogP contribution in [0.4, 0.5) is 0 Å². The van der Waals surface area contributed by atoms with E-state index in [0.717, 1.165) is 11.3 Å². The lowest BCUT2D eigenvalue weighted by molar-refractivity contribution is 0.825. The Morgan fingerprint density at radius 1 is 0.788 bits per heavy atom. The minimum atomic E-state index is 0.275. The van der Waals surface area contributed by atoms with Crippen molar-refractivity contribution in [1.82, 2.24) is 9.55 Å². The van der Waals surface area contributed by atoms with Crippen molar-refractivity contribution in [2.24, 2.45) is 0 Å². The molecule has 5 aromatic rings. The van der Waals surface area contributed by atoms with Crippen molar-refractivity contribution in [3.05, 3.63) is 107 Å². The zero-order valence-corrected chi connectivity index (χ0v) is 19.6. The maximum absolute atomic E-state index is 5.16. The molecule has 0 fully saturated rings. The first kappa shape index (κ1) is 20.0. The molecule has 2 bridgehead atoms. The number of imidazole rings is 1. The molecule has 0 spiro atoms. The number of benzene rings is 4. The summed E-state index contributed by atoms with van der Waals surface area (Å²) in [5.41, 5.74) is 12.5. The molecule has 6 rings (SSSR count). The zero-order chi connectivity index (χ0) is 22.7. The van der Waals surface area contributed by atoms with Crippen LogP contribution in [0.25, 0.3) is 39.2 Å². The number of hydrogen-bond acceptors (Lipinski definition) is 1. The monoisotopic (exact) mass is 428 g/mol. The summed E-state index contributed by atoms with van der Waals surface area (Å²) >= 11 is 0. The van der Waals surface area contributed by atoms with Gasteiger partial charge in [0.25, 0.3) is 0 Å². The van der Waals surface area contributed by atoms with E-state index in [-0.39, 0.29) is 5.92 Å². The highest BCUT2D eigenvalue weighted by Crippen LogP contribution is 2.43. The first-order valence-electron chi connectivity index (χ1n) is 11.8. The molecule has 0 saturated heterocycles. The summed E-state index contributed by atoms with van der Waals surface area (Å²) in [6.45, 7) is 9.08. The smallest absolute Gasteiger partial charge is 0.145 e. The largest absolute Gasteiger partial charge is 0.292 e. The van der Waals surface area contributed by atoms with Crippen molar-refractivity contribution in [3.8, 4) is 28.2 Å². The molecule has 0 radical (unpaired) electrons. The molecular formula is C31H28N2. The van der Waals surface area contributed by atoms with Crippen LogP contribution in [0, 0.1) is 6.92 Å². The van der Waals surface area contributed by atoms with Gasteiger partial charge >= 0.3 is 0 Å². The van der Waals surface area contributed by atoms with E-state index < -0.39 is 0 Å². The molecule has 1 aromatic heterocycles. The minimum absolute atomic E-state index is 0.275. The minimum Gasteiger partial charge on any atom is -0.292 e. The Bertz CT molecular complexity index is 1510. The SMILES string of the molecule is Cc1ccc2c(c1)nc1n2-c2c(C(C)C)cc(-c3ccccc3)cc2C(C)c2cccc-1c2. The summed E-state index contributed by atoms with van der Waals surface area (Å²) < 4.78 is 2.42. The fraction of sp³-hybridized carbons (Fsp3) is 0.194. The van der Waals surface area contributed by atoms with E-state index in [2.05, 4.69) is 117 Å². The molecule has 2 heteroatoms. The summed E-state index contributed by atoms with van der Waals surface area (Å²) in [5.74, 6) is 1.68. The number of fused-ring (bicyclic) bond motifs is 8. The molecule has 1 atom stereocenters.